The molecule has 0 unspecified atom stereocenters. The zero-order valence-electron chi connectivity index (χ0n) is 8.23. The second-order valence-corrected chi connectivity index (χ2v) is 9.07. The van der Waals surface area contributed by atoms with Crippen LogP contribution in [0.4, 0.5) is 0 Å². The molecule has 0 atom stereocenters. The molecule has 0 saturated carbocycles. The Kier molecular flexibility index (Phi) is 2.23. The minimum Gasteiger partial charge on any atom is -0.127 e. The Labute approximate surface area is 114 Å². The van der Waals surface area contributed by atoms with Gasteiger partial charge in [0, 0.05) is 15.2 Å². The second kappa shape index (κ2) is 3.19. The molecule has 2 aromatic heterocycles. The molecular formula is C11H8Br2S2. The van der Waals surface area contributed by atoms with E-state index in [2.05, 4.69) is 57.8 Å². The lowest BCUT2D eigenvalue weighted by Gasteiger charge is -2.18. The Morgan fingerprint density at radius 1 is 0.933 bits per heavy atom. The summed E-state index contributed by atoms with van der Waals surface area (Å²) in [5.74, 6) is 0. The van der Waals surface area contributed by atoms with Crippen molar-refractivity contribution in [1.29, 1.82) is 0 Å². The summed E-state index contributed by atoms with van der Waals surface area (Å²) in [4.78, 5) is 2.88. The summed E-state index contributed by atoms with van der Waals surface area (Å²) in [6, 6.07) is 4.53. The molecule has 1 aliphatic rings. The number of hydrogen-bond donors (Lipinski definition) is 0. The van der Waals surface area contributed by atoms with Crippen molar-refractivity contribution in [3.05, 3.63) is 30.8 Å². The van der Waals surface area contributed by atoms with Gasteiger partial charge >= 0.3 is 0 Å². The summed E-state index contributed by atoms with van der Waals surface area (Å²) in [5, 5.41) is 0. The first-order chi connectivity index (χ1) is 7.00. The molecule has 0 bridgehead atoms. The molecule has 4 heteroatoms. The van der Waals surface area contributed by atoms with Gasteiger partial charge in [-0.2, -0.15) is 0 Å². The van der Waals surface area contributed by atoms with Crippen LogP contribution in [0.25, 0.3) is 9.75 Å². The Bertz CT molecular complexity index is 501. The van der Waals surface area contributed by atoms with Crippen LogP contribution in [0.2, 0.25) is 0 Å². The normalized spacial score (nSPS) is 16.5. The summed E-state index contributed by atoms with van der Waals surface area (Å²) in [6.07, 6.45) is 0. The van der Waals surface area contributed by atoms with E-state index in [9.17, 15) is 0 Å². The maximum absolute atomic E-state index is 3.58. The Morgan fingerprint density at radius 2 is 1.33 bits per heavy atom. The van der Waals surface area contributed by atoms with Gasteiger partial charge in [0.15, 0.2) is 0 Å². The Balaban J connectivity index is 2.38. The zero-order valence-corrected chi connectivity index (χ0v) is 13.0. The predicted octanol–water partition coefficient (Wildman–Crippen LogP) is 5.64. The summed E-state index contributed by atoms with van der Waals surface area (Å²) in [7, 11) is 0. The van der Waals surface area contributed by atoms with Crippen LogP contribution >= 0.6 is 54.5 Å². The van der Waals surface area contributed by atoms with Gasteiger partial charge < -0.3 is 0 Å². The fourth-order valence-corrected chi connectivity index (χ4v) is 5.81. The lowest BCUT2D eigenvalue weighted by atomic mass is 9.84. The van der Waals surface area contributed by atoms with E-state index in [-0.39, 0.29) is 5.41 Å². The fraction of sp³-hybridized carbons (Fsp3) is 0.273. The van der Waals surface area contributed by atoms with Crippen molar-refractivity contribution in [1.82, 2.24) is 0 Å². The van der Waals surface area contributed by atoms with Crippen LogP contribution in [0.5, 0.6) is 0 Å². The first-order valence-corrected chi connectivity index (χ1v) is 7.82. The highest BCUT2D eigenvalue weighted by Gasteiger charge is 2.38. The third-order valence-corrected chi connectivity index (χ3v) is 6.40. The van der Waals surface area contributed by atoms with Crippen molar-refractivity contribution in [2.75, 3.05) is 0 Å². The largest absolute Gasteiger partial charge is 0.127 e. The molecule has 0 aromatic carbocycles. The lowest BCUT2D eigenvalue weighted by molar-refractivity contribution is 0.663. The summed E-state index contributed by atoms with van der Waals surface area (Å²) in [5.41, 5.74) is 3.09. The van der Waals surface area contributed by atoms with Gasteiger partial charge in [0.1, 0.15) is 0 Å². The highest BCUT2D eigenvalue weighted by Crippen LogP contribution is 2.56. The molecule has 0 radical (unpaired) electrons. The minimum atomic E-state index is 0.162. The van der Waals surface area contributed by atoms with Gasteiger partial charge in [0.25, 0.3) is 0 Å². The zero-order chi connectivity index (χ0) is 10.8. The minimum absolute atomic E-state index is 0.162. The quantitative estimate of drug-likeness (QED) is 0.568. The average Bonchev–Trinajstić information content (AvgIpc) is 2.72. The molecular weight excluding hydrogens is 356 g/mol. The first kappa shape index (κ1) is 10.5. The van der Waals surface area contributed by atoms with E-state index in [1.165, 1.54) is 28.5 Å². The summed E-state index contributed by atoms with van der Waals surface area (Å²) < 4.78 is 2.46. The van der Waals surface area contributed by atoms with E-state index >= 15 is 0 Å². The van der Waals surface area contributed by atoms with E-state index in [0.29, 0.717) is 0 Å². The molecule has 0 aliphatic heterocycles. The third-order valence-electron chi connectivity index (χ3n) is 2.96. The van der Waals surface area contributed by atoms with Crippen molar-refractivity contribution in [3.63, 3.8) is 0 Å². The molecule has 0 fully saturated rings. The molecule has 0 nitrogen and oxygen atoms in total. The molecule has 3 rings (SSSR count). The maximum atomic E-state index is 3.58. The molecule has 0 N–H and O–H groups in total. The topological polar surface area (TPSA) is 0 Å². The fourth-order valence-electron chi connectivity index (χ4n) is 2.13. The first-order valence-electron chi connectivity index (χ1n) is 4.60. The summed E-state index contributed by atoms with van der Waals surface area (Å²) in [6.45, 7) is 4.60. The molecule has 0 amide bonds. The molecule has 2 aromatic rings. The molecule has 0 spiro atoms. The lowest BCUT2D eigenvalue weighted by Crippen LogP contribution is -2.13. The average molecular weight is 364 g/mol. The van der Waals surface area contributed by atoms with Gasteiger partial charge in [0.05, 0.1) is 7.57 Å². The predicted molar refractivity (Wildman–Crippen MR) is 75.2 cm³/mol. The van der Waals surface area contributed by atoms with Crippen LogP contribution in [0, 0.1) is 0 Å². The van der Waals surface area contributed by atoms with Crippen molar-refractivity contribution >= 4 is 54.5 Å². The van der Waals surface area contributed by atoms with E-state index < -0.39 is 0 Å². The van der Waals surface area contributed by atoms with Crippen molar-refractivity contribution in [3.8, 4) is 9.75 Å². The summed E-state index contributed by atoms with van der Waals surface area (Å²) >= 11 is 10.8. The van der Waals surface area contributed by atoms with Crippen molar-refractivity contribution < 1.29 is 0 Å². The van der Waals surface area contributed by atoms with Gasteiger partial charge in [-0.3, -0.25) is 0 Å². The molecule has 2 heterocycles. The highest BCUT2D eigenvalue weighted by atomic mass is 79.9. The monoisotopic (exact) mass is 362 g/mol. The molecule has 15 heavy (non-hydrogen) atoms. The number of hydrogen-bond acceptors (Lipinski definition) is 2. The third kappa shape index (κ3) is 1.35. The van der Waals surface area contributed by atoms with E-state index in [1.807, 2.05) is 22.7 Å². The van der Waals surface area contributed by atoms with E-state index in [0.717, 1.165) is 0 Å². The van der Waals surface area contributed by atoms with Crippen LogP contribution in [0.1, 0.15) is 25.0 Å². The number of thiophene rings is 2. The number of rotatable bonds is 0. The van der Waals surface area contributed by atoms with Gasteiger partial charge in [-0.15, -0.1) is 22.7 Å². The van der Waals surface area contributed by atoms with Gasteiger partial charge in [-0.05, 0) is 55.1 Å². The van der Waals surface area contributed by atoms with E-state index in [1.54, 1.807) is 0 Å². The second-order valence-electron chi connectivity index (χ2n) is 4.21. The van der Waals surface area contributed by atoms with Crippen molar-refractivity contribution in [2.45, 2.75) is 19.3 Å². The molecule has 1 aliphatic carbocycles. The Morgan fingerprint density at radius 3 is 1.73 bits per heavy atom. The van der Waals surface area contributed by atoms with E-state index in [4.69, 9.17) is 0 Å². The molecule has 78 valence electrons. The van der Waals surface area contributed by atoms with Crippen LogP contribution in [-0.4, -0.2) is 0 Å². The van der Waals surface area contributed by atoms with Gasteiger partial charge in [-0.1, -0.05) is 13.8 Å². The number of halogens is 2. The van der Waals surface area contributed by atoms with Crippen LogP contribution in [0.15, 0.2) is 19.7 Å². The maximum Gasteiger partial charge on any atom is 0.0708 e. The number of fused-ring (bicyclic) bond motifs is 3. The van der Waals surface area contributed by atoms with Gasteiger partial charge in [0.2, 0.25) is 0 Å². The van der Waals surface area contributed by atoms with Crippen molar-refractivity contribution in [2.24, 2.45) is 0 Å². The van der Waals surface area contributed by atoms with Crippen LogP contribution < -0.4 is 0 Å². The Hall–Kier alpha value is 0.360. The van der Waals surface area contributed by atoms with Crippen LogP contribution in [0.3, 0.4) is 0 Å². The highest BCUT2D eigenvalue weighted by molar-refractivity contribution is 9.11. The standard InChI is InChI=1S/C11H8Br2S2/c1-11(2)5-3-7(12)14-9(5)10-6(11)4-8(13)15-10/h3-4H,1-2H3. The van der Waals surface area contributed by atoms with Crippen LogP contribution in [-0.2, 0) is 5.41 Å². The molecule has 0 saturated heterocycles. The van der Waals surface area contributed by atoms with Gasteiger partial charge in [-0.25, -0.2) is 0 Å². The smallest absolute Gasteiger partial charge is 0.0708 e. The SMILES string of the molecule is CC1(C)c2cc(Br)sc2-c2sc(Br)cc21.